The van der Waals surface area contributed by atoms with Crippen molar-refractivity contribution in [2.24, 2.45) is 10.8 Å². The summed E-state index contributed by atoms with van der Waals surface area (Å²) in [6, 6.07) is 5.58. The van der Waals surface area contributed by atoms with Gasteiger partial charge in [-0.25, -0.2) is 4.98 Å². The van der Waals surface area contributed by atoms with Crippen molar-refractivity contribution in [2.45, 2.75) is 6.92 Å². The maximum absolute atomic E-state index is 5.34. The molecule has 0 unspecified atom stereocenters. The molecule has 3 N–H and O–H groups in total. The summed E-state index contributed by atoms with van der Waals surface area (Å²) in [4.78, 5) is 4.03. The van der Waals surface area contributed by atoms with E-state index in [2.05, 4.69) is 15.5 Å². The van der Waals surface area contributed by atoms with Crippen molar-refractivity contribution in [1.82, 2.24) is 4.98 Å². The lowest BCUT2D eigenvalue weighted by molar-refractivity contribution is 1.19. The molecule has 0 amide bonds. The molecule has 1 aromatic rings. The number of anilines is 1. The van der Waals surface area contributed by atoms with Gasteiger partial charge in [0.2, 0.25) is 0 Å². The Hall–Kier alpha value is -1.42. The molecular formula is C8H12N4. The Kier molecular flexibility index (Phi) is 3.22. The van der Waals surface area contributed by atoms with Crippen LogP contribution in [0.15, 0.2) is 29.5 Å². The van der Waals surface area contributed by atoms with E-state index in [1.165, 1.54) is 0 Å². The first-order chi connectivity index (χ1) is 5.83. The molecule has 64 valence electrons. The molecule has 0 spiro atoms. The second kappa shape index (κ2) is 4.46. The number of hydrogen-bond donors (Lipinski definition) is 2. The molecule has 0 aromatic carbocycles. The Labute approximate surface area is 71.5 Å². The highest BCUT2D eigenvalue weighted by atomic mass is 15.3. The van der Waals surface area contributed by atoms with Crippen LogP contribution in [0.5, 0.6) is 0 Å². The molecule has 0 saturated carbocycles. The number of rotatable bonds is 3. The topological polar surface area (TPSA) is 63.3 Å². The number of hydrogen-bond acceptors (Lipinski definition) is 4. The summed E-state index contributed by atoms with van der Waals surface area (Å²) in [7, 11) is 0. The van der Waals surface area contributed by atoms with Crippen molar-refractivity contribution in [1.29, 1.82) is 0 Å². The first-order valence-corrected chi connectivity index (χ1v) is 3.73. The maximum atomic E-state index is 5.34. The third-order valence-electron chi connectivity index (χ3n) is 1.32. The Bertz CT molecular complexity index is 255. The highest BCUT2D eigenvalue weighted by Crippen LogP contribution is 1.98. The van der Waals surface area contributed by atoms with Crippen LogP contribution < -0.4 is 11.2 Å². The molecule has 1 rings (SSSR count). The molecule has 4 heteroatoms. The van der Waals surface area contributed by atoms with Crippen LogP contribution in [0.4, 0.5) is 5.82 Å². The molecule has 0 aliphatic heterocycles. The first kappa shape index (κ1) is 8.67. The minimum absolute atomic E-state index is 0.458. The third-order valence-corrected chi connectivity index (χ3v) is 1.32. The van der Waals surface area contributed by atoms with Gasteiger partial charge in [0.25, 0.3) is 0 Å². The normalized spacial score (nSPS) is 11.3. The predicted octanol–water partition coefficient (Wildman–Crippen LogP) is 0.828. The molecule has 0 aliphatic carbocycles. The summed E-state index contributed by atoms with van der Waals surface area (Å²) in [6.07, 6.45) is 1.70. The van der Waals surface area contributed by atoms with E-state index in [1.54, 1.807) is 6.20 Å². The van der Waals surface area contributed by atoms with E-state index in [-0.39, 0.29) is 0 Å². The van der Waals surface area contributed by atoms with Gasteiger partial charge in [-0.3, -0.25) is 5.43 Å². The number of pyridine rings is 1. The number of nitrogens with zero attached hydrogens (tertiary/aromatic N) is 2. The lowest BCUT2D eigenvalue weighted by Gasteiger charge is -1.98. The molecule has 0 atom stereocenters. The van der Waals surface area contributed by atoms with Crippen LogP contribution in [0, 0.1) is 0 Å². The van der Waals surface area contributed by atoms with Gasteiger partial charge >= 0.3 is 0 Å². The molecule has 4 nitrogen and oxygen atoms in total. The van der Waals surface area contributed by atoms with Gasteiger partial charge in [0, 0.05) is 18.5 Å². The second-order valence-corrected chi connectivity index (χ2v) is 2.38. The van der Waals surface area contributed by atoms with Crippen molar-refractivity contribution in [3.63, 3.8) is 0 Å². The van der Waals surface area contributed by atoms with E-state index in [0.717, 1.165) is 11.5 Å². The molecule has 1 aromatic heterocycles. The number of nitrogens with two attached hydrogens (primary N) is 1. The smallest absolute Gasteiger partial charge is 0.146 e. The molecule has 0 aliphatic rings. The van der Waals surface area contributed by atoms with Gasteiger partial charge in [-0.15, -0.1) is 0 Å². The standard InChI is InChI=1S/C8H12N4/c1-7(6-9)11-12-8-4-2-3-5-10-8/h2-5H,6,9H2,1H3,(H,10,12)/b11-7+. The molecule has 0 saturated heterocycles. The molecule has 0 radical (unpaired) electrons. The highest BCUT2D eigenvalue weighted by molar-refractivity contribution is 5.84. The zero-order valence-corrected chi connectivity index (χ0v) is 6.99. The van der Waals surface area contributed by atoms with Crippen molar-refractivity contribution >= 4 is 11.5 Å². The van der Waals surface area contributed by atoms with Crippen LogP contribution in [-0.2, 0) is 0 Å². The molecule has 0 fully saturated rings. The van der Waals surface area contributed by atoms with Crippen LogP contribution in [0.3, 0.4) is 0 Å². The average Bonchev–Trinajstić information content (AvgIpc) is 2.16. The average molecular weight is 164 g/mol. The number of hydrazone groups is 1. The van der Waals surface area contributed by atoms with Gasteiger partial charge in [0.15, 0.2) is 0 Å². The maximum Gasteiger partial charge on any atom is 0.146 e. The minimum atomic E-state index is 0.458. The molecular weight excluding hydrogens is 152 g/mol. The molecule has 0 bridgehead atoms. The van der Waals surface area contributed by atoms with E-state index < -0.39 is 0 Å². The van der Waals surface area contributed by atoms with Crippen molar-refractivity contribution in [3.05, 3.63) is 24.4 Å². The third kappa shape index (κ3) is 2.67. The van der Waals surface area contributed by atoms with E-state index in [9.17, 15) is 0 Å². The zero-order chi connectivity index (χ0) is 8.81. The molecule has 1 heterocycles. The van der Waals surface area contributed by atoms with Gasteiger partial charge in [0.1, 0.15) is 5.82 Å². The fourth-order valence-corrected chi connectivity index (χ4v) is 0.627. The van der Waals surface area contributed by atoms with E-state index in [4.69, 9.17) is 5.73 Å². The highest BCUT2D eigenvalue weighted by Gasteiger charge is 1.88. The lowest BCUT2D eigenvalue weighted by Crippen LogP contribution is -2.11. The van der Waals surface area contributed by atoms with Crippen LogP contribution >= 0.6 is 0 Å². The van der Waals surface area contributed by atoms with Gasteiger partial charge in [-0.2, -0.15) is 5.10 Å². The quantitative estimate of drug-likeness (QED) is 0.513. The van der Waals surface area contributed by atoms with E-state index >= 15 is 0 Å². The first-order valence-electron chi connectivity index (χ1n) is 3.73. The van der Waals surface area contributed by atoms with Gasteiger partial charge < -0.3 is 5.73 Å². The van der Waals surface area contributed by atoms with E-state index in [0.29, 0.717) is 6.54 Å². The van der Waals surface area contributed by atoms with Crippen LogP contribution in [-0.4, -0.2) is 17.2 Å². The fraction of sp³-hybridized carbons (Fsp3) is 0.250. The Morgan fingerprint density at radius 2 is 2.50 bits per heavy atom. The fourth-order valence-electron chi connectivity index (χ4n) is 0.627. The van der Waals surface area contributed by atoms with Crippen molar-refractivity contribution in [3.8, 4) is 0 Å². The Morgan fingerprint density at radius 3 is 3.08 bits per heavy atom. The van der Waals surface area contributed by atoms with E-state index in [1.807, 2.05) is 25.1 Å². The zero-order valence-electron chi connectivity index (χ0n) is 6.99. The van der Waals surface area contributed by atoms with Crippen LogP contribution in [0.1, 0.15) is 6.92 Å². The summed E-state index contributed by atoms with van der Waals surface area (Å²) >= 11 is 0. The largest absolute Gasteiger partial charge is 0.325 e. The number of nitrogens with one attached hydrogen (secondary N) is 1. The van der Waals surface area contributed by atoms with Crippen molar-refractivity contribution < 1.29 is 0 Å². The van der Waals surface area contributed by atoms with Gasteiger partial charge in [-0.05, 0) is 19.1 Å². The number of aromatic nitrogens is 1. The molecule has 12 heavy (non-hydrogen) atoms. The van der Waals surface area contributed by atoms with Crippen molar-refractivity contribution in [2.75, 3.05) is 12.0 Å². The minimum Gasteiger partial charge on any atom is -0.325 e. The van der Waals surface area contributed by atoms with Gasteiger partial charge in [0.05, 0.1) is 0 Å². The van der Waals surface area contributed by atoms with Gasteiger partial charge in [-0.1, -0.05) is 6.07 Å². The SMILES string of the molecule is C/C(CN)=N\Nc1ccccn1. The van der Waals surface area contributed by atoms with Crippen LogP contribution in [0.2, 0.25) is 0 Å². The lowest BCUT2D eigenvalue weighted by atomic mass is 10.4. The second-order valence-electron chi connectivity index (χ2n) is 2.38. The summed E-state index contributed by atoms with van der Waals surface area (Å²) in [5.74, 6) is 0.727. The van der Waals surface area contributed by atoms with Crippen LogP contribution in [0.25, 0.3) is 0 Å². The Morgan fingerprint density at radius 1 is 1.67 bits per heavy atom. The Balaban J connectivity index is 2.54. The summed E-state index contributed by atoms with van der Waals surface area (Å²) in [5, 5.41) is 3.99. The summed E-state index contributed by atoms with van der Waals surface area (Å²) < 4.78 is 0. The monoisotopic (exact) mass is 164 g/mol. The summed E-state index contributed by atoms with van der Waals surface area (Å²) in [6.45, 7) is 2.32. The predicted molar refractivity (Wildman–Crippen MR) is 50.0 cm³/mol. The summed E-state index contributed by atoms with van der Waals surface area (Å²) in [5.41, 5.74) is 8.98.